The fourth-order valence-corrected chi connectivity index (χ4v) is 4.98. The molecule has 0 aromatic rings. The van der Waals surface area contributed by atoms with Crippen LogP contribution < -0.4 is 0 Å². The maximum atomic E-state index is 12.3. The fraction of sp³-hybridized carbons (Fsp3) is 0.824. The molecule has 0 spiro atoms. The van der Waals surface area contributed by atoms with Crippen LogP contribution in [0.15, 0.2) is 24.3 Å². The Bertz CT molecular complexity index is 761. The van der Waals surface area contributed by atoms with Crippen LogP contribution >= 0.6 is 7.82 Å². The van der Waals surface area contributed by atoms with Crippen molar-refractivity contribution in [3.8, 4) is 0 Å². The van der Waals surface area contributed by atoms with Gasteiger partial charge in [-0.1, -0.05) is 134 Å². The van der Waals surface area contributed by atoms with Crippen molar-refractivity contribution >= 4 is 19.8 Å². The third kappa shape index (κ3) is 33.3. The van der Waals surface area contributed by atoms with E-state index >= 15 is 0 Å². The first-order chi connectivity index (χ1) is 20.8. The summed E-state index contributed by atoms with van der Waals surface area (Å²) in [5, 5.41) is 0. The molecule has 0 amide bonds. The number of esters is 2. The lowest BCUT2D eigenvalue weighted by Gasteiger charge is -2.18. The molecule has 0 saturated heterocycles. The lowest BCUT2D eigenvalue weighted by Crippen LogP contribution is -2.29. The first kappa shape index (κ1) is 41.5. The van der Waals surface area contributed by atoms with Crippen molar-refractivity contribution in [3.63, 3.8) is 0 Å². The highest BCUT2D eigenvalue weighted by atomic mass is 31.2. The first-order valence-corrected chi connectivity index (χ1v) is 18.7. The minimum atomic E-state index is -4.74. The number of phosphoric acid groups is 1. The molecule has 0 saturated carbocycles. The van der Waals surface area contributed by atoms with Crippen molar-refractivity contribution in [2.45, 2.75) is 168 Å². The predicted octanol–water partition coefficient (Wildman–Crippen LogP) is 9.68. The number of allylic oxidation sites excluding steroid dienone is 4. The summed E-state index contributed by atoms with van der Waals surface area (Å²) >= 11 is 0. The Balaban J connectivity index is 4.03. The minimum absolute atomic E-state index is 0.198. The van der Waals surface area contributed by atoms with Crippen LogP contribution in [-0.2, 0) is 28.2 Å². The lowest BCUT2D eigenvalue weighted by atomic mass is 10.1. The summed E-state index contributed by atoms with van der Waals surface area (Å²) in [5.41, 5.74) is 0. The monoisotopic (exact) mass is 630 g/mol. The normalized spacial score (nSPS) is 12.7. The molecule has 252 valence electrons. The number of hydrogen-bond donors (Lipinski definition) is 2. The smallest absolute Gasteiger partial charge is 0.462 e. The number of ether oxygens (including phenoxy) is 2. The van der Waals surface area contributed by atoms with Gasteiger partial charge in [0.05, 0.1) is 6.61 Å². The summed E-state index contributed by atoms with van der Waals surface area (Å²) in [6, 6.07) is 0. The lowest BCUT2D eigenvalue weighted by molar-refractivity contribution is -0.161. The van der Waals surface area contributed by atoms with E-state index in [1.807, 2.05) is 0 Å². The molecular weight excluding hydrogens is 567 g/mol. The van der Waals surface area contributed by atoms with Crippen molar-refractivity contribution in [2.75, 3.05) is 13.2 Å². The average molecular weight is 631 g/mol. The molecule has 0 aromatic carbocycles. The van der Waals surface area contributed by atoms with E-state index in [9.17, 15) is 14.2 Å². The summed E-state index contributed by atoms with van der Waals surface area (Å²) in [6.45, 7) is 3.60. The molecule has 1 atom stereocenters. The number of phosphoric ester groups is 1. The van der Waals surface area contributed by atoms with Crippen molar-refractivity contribution in [3.05, 3.63) is 24.3 Å². The van der Waals surface area contributed by atoms with Gasteiger partial charge in [0.25, 0.3) is 0 Å². The molecule has 9 heteroatoms. The second kappa shape index (κ2) is 30.6. The molecule has 0 fully saturated rings. The van der Waals surface area contributed by atoms with Gasteiger partial charge in [-0.3, -0.25) is 14.1 Å². The molecule has 0 heterocycles. The zero-order valence-electron chi connectivity index (χ0n) is 27.4. The van der Waals surface area contributed by atoms with Crippen molar-refractivity contribution in [2.24, 2.45) is 0 Å². The standard InChI is InChI=1S/C34H63O8P/c1-3-5-7-9-11-13-15-16-17-19-21-23-25-27-29-34(36)42-32(31-41-43(37,38)39)30-40-33(35)28-26-24-22-20-18-14-12-10-8-6-4-2/h9,11,15-16,32H,3-8,10,12-14,17-31H2,1-2H3,(H2,37,38,39)/b11-9-,16-15-/t32-/m1/s1. The maximum absolute atomic E-state index is 12.3. The number of hydrogen-bond acceptors (Lipinski definition) is 6. The van der Waals surface area contributed by atoms with E-state index in [1.165, 1.54) is 64.2 Å². The summed E-state index contributed by atoms with van der Waals surface area (Å²) in [4.78, 5) is 42.5. The third-order valence-corrected chi connectivity index (χ3v) is 7.71. The summed E-state index contributed by atoms with van der Waals surface area (Å²) in [5.74, 6) is -0.901. The molecule has 0 aliphatic carbocycles. The van der Waals surface area contributed by atoms with Gasteiger partial charge in [-0.2, -0.15) is 0 Å². The van der Waals surface area contributed by atoms with Crippen molar-refractivity contribution < 1.29 is 37.9 Å². The fourth-order valence-electron chi connectivity index (χ4n) is 4.62. The first-order valence-electron chi connectivity index (χ1n) is 17.1. The Hall–Kier alpha value is -1.47. The van der Waals surface area contributed by atoms with Crippen molar-refractivity contribution in [1.82, 2.24) is 0 Å². The molecule has 0 aliphatic heterocycles. The van der Waals surface area contributed by atoms with E-state index in [4.69, 9.17) is 19.3 Å². The van der Waals surface area contributed by atoms with Gasteiger partial charge >= 0.3 is 19.8 Å². The van der Waals surface area contributed by atoms with Gasteiger partial charge in [-0.25, -0.2) is 4.57 Å². The van der Waals surface area contributed by atoms with Crippen LogP contribution in [0.3, 0.4) is 0 Å². The molecule has 2 N–H and O–H groups in total. The number of carbonyl (C=O) groups is 2. The van der Waals surface area contributed by atoms with Crippen LogP contribution in [0.4, 0.5) is 0 Å². The van der Waals surface area contributed by atoms with Crippen LogP contribution in [0.25, 0.3) is 0 Å². The van der Waals surface area contributed by atoms with Gasteiger partial charge in [0.1, 0.15) is 6.61 Å². The molecule has 0 aromatic heterocycles. The zero-order chi connectivity index (χ0) is 31.9. The van der Waals surface area contributed by atoms with E-state index in [2.05, 4.69) is 42.7 Å². The number of unbranched alkanes of at least 4 members (excludes halogenated alkanes) is 17. The molecule has 43 heavy (non-hydrogen) atoms. The van der Waals surface area contributed by atoms with Gasteiger partial charge in [0.15, 0.2) is 6.10 Å². The van der Waals surface area contributed by atoms with Gasteiger partial charge in [-0.15, -0.1) is 0 Å². The minimum Gasteiger partial charge on any atom is -0.462 e. The average Bonchev–Trinajstić information content (AvgIpc) is 2.97. The SMILES string of the molecule is CCCC/C=C\C/C=C\CCCCCCCC(=O)O[C@H](COC(=O)CCCCCCCCCCCCC)COP(=O)(O)O. The predicted molar refractivity (Wildman–Crippen MR) is 175 cm³/mol. The highest BCUT2D eigenvalue weighted by Crippen LogP contribution is 2.35. The molecule has 0 radical (unpaired) electrons. The summed E-state index contributed by atoms with van der Waals surface area (Å²) in [6.07, 6.45) is 31.8. The summed E-state index contributed by atoms with van der Waals surface area (Å²) < 4.78 is 26.2. The van der Waals surface area contributed by atoms with Gasteiger partial charge in [-0.05, 0) is 38.5 Å². The number of rotatable bonds is 31. The third-order valence-electron chi connectivity index (χ3n) is 7.22. The van der Waals surface area contributed by atoms with Gasteiger partial charge < -0.3 is 19.3 Å². The molecule has 0 bridgehead atoms. The Labute approximate surface area is 262 Å². The van der Waals surface area contributed by atoms with Crippen LogP contribution in [-0.4, -0.2) is 41.0 Å². The molecule has 0 rings (SSSR count). The van der Waals surface area contributed by atoms with Crippen molar-refractivity contribution in [1.29, 1.82) is 0 Å². The topological polar surface area (TPSA) is 119 Å². The summed E-state index contributed by atoms with van der Waals surface area (Å²) in [7, 11) is -4.74. The van der Waals surface area contributed by atoms with E-state index in [0.29, 0.717) is 6.42 Å². The Morgan fingerprint density at radius 3 is 1.60 bits per heavy atom. The second-order valence-electron chi connectivity index (χ2n) is 11.5. The second-order valence-corrected chi connectivity index (χ2v) is 12.7. The zero-order valence-corrected chi connectivity index (χ0v) is 28.2. The van der Waals surface area contributed by atoms with Crippen LogP contribution in [0.5, 0.6) is 0 Å². The quantitative estimate of drug-likeness (QED) is 0.0336. The largest absolute Gasteiger partial charge is 0.469 e. The van der Waals surface area contributed by atoms with E-state index in [0.717, 1.165) is 64.2 Å². The Morgan fingerprint density at radius 1 is 0.605 bits per heavy atom. The highest BCUT2D eigenvalue weighted by molar-refractivity contribution is 7.46. The van der Waals surface area contributed by atoms with Crippen LogP contribution in [0.1, 0.15) is 162 Å². The maximum Gasteiger partial charge on any atom is 0.469 e. The van der Waals surface area contributed by atoms with E-state index in [-0.39, 0.29) is 19.4 Å². The molecule has 0 aliphatic rings. The highest BCUT2D eigenvalue weighted by Gasteiger charge is 2.22. The molecule has 0 unspecified atom stereocenters. The van der Waals surface area contributed by atoms with Gasteiger partial charge in [0.2, 0.25) is 0 Å². The van der Waals surface area contributed by atoms with E-state index in [1.54, 1.807) is 0 Å². The Morgan fingerprint density at radius 2 is 1.07 bits per heavy atom. The molecule has 8 nitrogen and oxygen atoms in total. The van der Waals surface area contributed by atoms with E-state index < -0.39 is 32.5 Å². The number of carbonyl (C=O) groups excluding carboxylic acids is 2. The van der Waals surface area contributed by atoms with Crippen LogP contribution in [0.2, 0.25) is 0 Å². The molecular formula is C34H63O8P. The van der Waals surface area contributed by atoms with Gasteiger partial charge in [0, 0.05) is 12.8 Å². The van der Waals surface area contributed by atoms with Crippen LogP contribution in [0, 0.1) is 0 Å². The Kier molecular flexibility index (Phi) is 29.5.